The van der Waals surface area contributed by atoms with Crippen molar-refractivity contribution in [3.8, 4) is 0 Å². The number of nitrogens with zero attached hydrogens (tertiary/aromatic N) is 1. The molecule has 1 aromatic rings. The Morgan fingerprint density at radius 1 is 1.22 bits per heavy atom. The molecule has 2 atom stereocenters. The zero-order valence-corrected chi connectivity index (χ0v) is 14.7. The van der Waals surface area contributed by atoms with Crippen LogP contribution < -0.4 is 5.32 Å². The minimum Gasteiger partial charge on any atom is -0.335 e. The summed E-state index contributed by atoms with van der Waals surface area (Å²) in [5.41, 5.74) is 1.02. The predicted molar refractivity (Wildman–Crippen MR) is 93.9 cm³/mol. The van der Waals surface area contributed by atoms with Crippen molar-refractivity contribution in [2.75, 3.05) is 0 Å². The van der Waals surface area contributed by atoms with Gasteiger partial charge in [-0.1, -0.05) is 54.8 Å². The fourth-order valence-electron chi connectivity index (χ4n) is 3.32. The normalized spacial score (nSPS) is 25.7. The standard InChI is InChI=1S/C17H21ClN2O2S/c1-11-15(12-7-9-13(18)10-8-12)23-17(22)20(11)16(21)19-14-5-3-2-4-6-14/h7-11,14-15H,2-6H2,1H3,(H,19,21)/t11-,15-/m0/s1. The zero-order chi connectivity index (χ0) is 16.4. The Bertz CT molecular complexity index is 587. The number of carbonyl (C=O) groups excluding carboxylic acids is 2. The quantitative estimate of drug-likeness (QED) is 0.816. The Labute approximate surface area is 145 Å². The topological polar surface area (TPSA) is 49.4 Å². The number of benzene rings is 1. The summed E-state index contributed by atoms with van der Waals surface area (Å²) < 4.78 is 0. The lowest BCUT2D eigenvalue weighted by atomic mass is 9.96. The molecule has 0 bridgehead atoms. The molecule has 3 amide bonds. The maximum absolute atomic E-state index is 12.5. The van der Waals surface area contributed by atoms with Crippen molar-refractivity contribution in [3.05, 3.63) is 34.9 Å². The zero-order valence-electron chi connectivity index (χ0n) is 13.1. The maximum Gasteiger partial charge on any atom is 0.325 e. The number of halogens is 1. The van der Waals surface area contributed by atoms with Crippen molar-refractivity contribution in [2.24, 2.45) is 0 Å². The molecule has 0 aromatic heterocycles. The number of carbonyl (C=O) groups is 2. The van der Waals surface area contributed by atoms with Crippen molar-refractivity contribution >= 4 is 34.6 Å². The van der Waals surface area contributed by atoms with Gasteiger partial charge in [0.05, 0.1) is 11.3 Å². The lowest BCUT2D eigenvalue weighted by Crippen LogP contribution is -2.48. The SMILES string of the molecule is C[C@H]1[C@@H](c2ccc(Cl)cc2)SC(=O)N1C(=O)NC1CCCCC1. The van der Waals surface area contributed by atoms with Gasteiger partial charge in [-0.3, -0.25) is 9.69 Å². The third-order valence-electron chi connectivity index (χ3n) is 4.62. The molecule has 1 aliphatic heterocycles. The number of urea groups is 1. The van der Waals surface area contributed by atoms with Crippen molar-refractivity contribution in [1.29, 1.82) is 0 Å². The highest BCUT2D eigenvalue weighted by Crippen LogP contribution is 2.43. The van der Waals surface area contributed by atoms with Crippen LogP contribution in [0.15, 0.2) is 24.3 Å². The van der Waals surface area contributed by atoms with Gasteiger partial charge in [0.1, 0.15) is 0 Å². The molecule has 23 heavy (non-hydrogen) atoms. The molecule has 124 valence electrons. The van der Waals surface area contributed by atoms with Gasteiger partial charge >= 0.3 is 6.03 Å². The molecule has 1 saturated heterocycles. The fourth-order valence-corrected chi connectivity index (χ4v) is 4.64. The number of imide groups is 1. The molecule has 4 nitrogen and oxygen atoms in total. The van der Waals surface area contributed by atoms with E-state index in [9.17, 15) is 9.59 Å². The van der Waals surface area contributed by atoms with Gasteiger partial charge in [-0.25, -0.2) is 4.79 Å². The van der Waals surface area contributed by atoms with E-state index in [0.29, 0.717) is 5.02 Å². The first-order valence-electron chi connectivity index (χ1n) is 8.12. The Morgan fingerprint density at radius 2 is 1.87 bits per heavy atom. The van der Waals surface area contributed by atoms with Crippen LogP contribution in [0.25, 0.3) is 0 Å². The highest BCUT2D eigenvalue weighted by atomic mass is 35.5. The first-order chi connectivity index (χ1) is 11.1. The van der Waals surface area contributed by atoms with Crippen LogP contribution in [0.4, 0.5) is 9.59 Å². The van der Waals surface area contributed by atoms with Gasteiger partial charge in [0.15, 0.2) is 0 Å². The molecule has 2 fully saturated rings. The molecule has 1 aliphatic carbocycles. The smallest absolute Gasteiger partial charge is 0.325 e. The van der Waals surface area contributed by atoms with Crippen molar-refractivity contribution in [3.63, 3.8) is 0 Å². The first kappa shape index (κ1) is 16.7. The summed E-state index contributed by atoms with van der Waals surface area (Å²) in [6.45, 7) is 1.93. The monoisotopic (exact) mass is 352 g/mol. The summed E-state index contributed by atoms with van der Waals surface area (Å²) in [7, 11) is 0. The molecule has 1 N–H and O–H groups in total. The summed E-state index contributed by atoms with van der Waals surface area (Å²) >= 11 is 7.14. The van der Waals surface area contributed by atoms with Gasteiger partial charge in [-0.2, -0.15) is 0 Å². The fraction of sp³-hybridized carbons (Fsp3) is 0.529. The van der Waals surface area contributed by atoms with Crippen LogP contribution in [0.1, 0.15) is 49.8 Å². The second-order valence-corrected chi connectivity index (χ2v) is 7.78. The molecule has 0 radical (unpaired) electrons. The minimum atomic E-state index is -0.252. The maximum atomic E-state index is 12.5. The van der Waals surface area contributed by atoms with Gasteiger partial charge in [0, 0.05) is 11.1 Å². The highest BCUT2D eigenvalue weighted by molar-refractivity contribution is 8.14. The average molecular weight is 353 g/mol. The number of rotatable bonds is 2. The third kappa shape index (κ3) is 3.66. The Hall–Kier alpha value is -1.20. The number of nitrogens with one attached hydrogen (secondary N) is 1. The van der Waals surface area contributed by atoms with E-state index in [4.69, 9.17) is 11.6 Å². The van der Waals surface area contributed by atoms with Gasteiger partial charge in [0.25, 0.3) is 5.24 Å². The second kappa shape index (κ2) is 7.14. The van der Waals surface area contributed by atoms with Gasteiger partial charge < -0.3 is 5.32 Å². The van der Waals surface area contributed by atoms with Crippen molar-refractivity contribution < 1.29 is 9.59 Å². The van der Waals surface area contributed by atoms with E-state index in [1.165, 1.54) is 23.1 Å². The Kier molecular flexibility index (Phi) is 5.17. The molecule has 0 unspecified atom stereocenters. The lowest BCUT2D eigenvalue weighted by molar-refractivity contribution is 0.184. The predicted octanol–water partition coefficient (Wildman–Crippen LogP) is 4.98. The molecule has 1 heterocycles. The van der Waals surface area contributed by atoms with Crippen LogP contribution in [0.3, 0.4) is 0 Å². The second-order valence-electron chi connectivity index (χ2n) is 6.25. The summed E-state index contributed by atoms with van der Waals surface area (Å²) in [5.74, 6) is 0. The van der Waals surface area contributed by atoms with Crippen molar-refractivity contribution in [2.45, 2.75) is 56.4 Å². The van der Waals surface area contributed by atoms with E-state index in [2.05, 4.69) is 5.32 Å². The molecule has 6 heteroatoms. The van der Waals surface area contributed by atoms with Crippen LogP contribution in [0, 0.1) is 0 Å². The first-order valence-corrected chi connectivity index (χ1v) is 9.38. The van der Waals surface area contributed by atoms with E-state index in [0.717, 1.165) is 31.2 Å². The van der Waals surface area contributed by atoms with Crippen LogP contribution >= 0.6 is 23.4 Å². The van der Waals surface area contributed by atoms with Crippen molar-refractivity contribution in [1.82, 2.24) is 10.2 Å². The van der Waals surface area contributed by atoms with Crippen LogP contribution in [-0.2, 0) is 0 Å². The van der Waals surface area contributed by atoms with E-state index in [1.54, 1.807) is 0 Å². The lowest BCUT2D eigenvalue weighted by Gasteiger charge is -2.27. The molecular formula is C17H21ClN2O2S. The largest absolute Gasteiger partial charge is 0.335 e. The number of thioether (sulfide) groups is 1. The van der Waals surface area contributed by atoms with Gasteiger partial charge in [0.2, 0.25) is 0 Å². The van der Waals surface area contributed by atoms with Gasteiger partial charge in [-0.05, 0) is 37.5 Å². The van der Waals surface area contributed by atoms with Crippen LogP contribution in [0.2, 0.25) is 5.02 Å². The summed E-state index contributed by atoms with van der Waals surface area (Å²) in [5, 5.41) is 3.48. The molecule has 1 saturated carbocycles. The Balaban J connectivity index is 1.69. The number of hydrogen-bond donors (Lipinski definition) is 1. The molecule has 3 rings (SSSR count). The van der Waals surface area contributed by atoms with Crippen LogP contribution in [0.5, 0.6) is 0 Å². The molecule has 1 aromatic carbocycles. The number of hydrogen-bond acceptors (Lipinski definition) is 3. The minimum absolute atomic E-state index is 0.0446. The summed E-state index contributed by atoms with van der Waals surface area (Å²) in [4.78, 5) is 26.2. The molecule has 2 aliphatic rings. The van der Waals surface area contributed by atoms with E-state index in [-0.39, 0.29) is 28.6 Å². The third-order valence-corrected chi connectivity index (χ3v) is 6.19. The van der Waals surface area contributed by atoms with Gasteiger partial charge in [-0.15, -0.1) is 0 Å². The molecule has 0 spiro atoms. The summed E-state index contributed by atoms with van der Waals surface area (Å²) in [6, 6.07) is 7.27. The van der Waals surface area contributed by atoms with E-state index >= 15 is 0 Å². The van der Waals surface area contributed by atoms with E-state index in [1.807, 2.05) is 31.2 Å². The van der Waals surface area contributed by atoms with Crippen LogP contribution in [-0.4, -0.2) is 28.3 Å². The molecular weight excluding hydrogens is 332 g/mol. The number of amides is 3. The summed E-state index contributed by atoms with van der Waals surface area (Å²) in [6.07, 6.45) is 5.55. The van der Waals surface area contributed by atoms with E-state index < -0.39 is 0 Å². The highest BCUT2D eigenvalue weighted by Gasteiger charge is 2.42. The Morgan fingerprint density at radius 3 is 2.52 bits per heavy atom. The average Bonchev–Trinajstić information content (AvgIpc) is 2.84.